The number of nitrogens with one attached hydrogen (secondary N) is 1. The summed E-state index contributed by atoms with van der Waals surface area (Å²) in [4.78, 5) is 10.9. The van der Waals surface area contributed by atoms with Crippen molar-refractivity contribution < 1.29 is 9.53 Å². The van der Waals surface area contributed by atoms with E-state index in [0.717, 1.165) is 11.6 Å². The van der Waals surface area contributed by atoms with Gasteiger partial charge in [-0.2, -0.15) is 0 Å². The van der Waals surface area contributed by atoms with Crippen LogP contribution in [-0.4, -0.2) is 29.3 Å². The highest BCUT2D eigenvalue weighted by molar-refractivity contribution is 7.13. The van der Waals surface area contributed by atoms with Crippen molar-refractivity contribution in [3.05, 3.63) is 5.51 Å². The first kappa shape index (κ1) is 10.9. The highest BCUT2D eigenvalue weighted by atomic mass is 32.1. The number of rotatable bonds is 6. The summed E-state index contributed by atoms with van der Waals surface area (Å²) in [7, 11) is 0. The van der Waals surface area contributed by atoms with Crippen molar-refractivity contribution in [1.29, 1.82) is 0 Å². The van der Waals surface area contributed by atoms with Crippen molar-refractivity contribution in [2.75, 3.05) is 18.5 Å². The van der Waals surface area contributed by atoms with E-state index in [2.05, 4.69) is 15.5 Å². The Morgan fingerprint density at radius 2 is 2.57 bits per heavy atom. The molecular formula is C8H13N3O2S. The molecule has 0 aliphatic carbocycles. The maximum absolute atomic E-state index is 10.9. The van der Waals surface area contributed by atoms with Crippen molar-refractivity contribution in [3.63, 3.8) is 0 Å². The second-order valence-corrected chi connectivity index (χ2v) is 3.41. The topological polar surface area (TPSA) is 64.1 Å². The van der Waals surface area contributed by atoms with Crippen molar-refractivity contribution in [2.24, 2.45) is 0 Å². The molecule has 0 saturated heterocycles. The summed E-state index contributed by atoms with van der Waals surface area (Å²) in [5, 5.41) is 11.3. The largest absolute Gasteiger partial charge is 0.466 e. The maximum Gasteiger partial charge on any atom is 0.305 e. The van der Waals surface area contributed by atoms with Crippen LogP contribution in [0.1, 0.15) is 19.8 Å². The van der Waals surface area contributed by atoms with Crippen LogP contribution in [0.3, 0.4) is 0 Å². The molecule has 1 aromatic rings. The monoisotopic (exact) mass is 215 g/mol. The predicted octanol–water partition coefficient (Wildman–Crippen LogP) is 1.29. The number of carbonyl (C=O) groups is 1. The van der Waals surface area contributed by atoms with Gasteiger partial charge in [-0.15, -0.1) is 10.2 Å². The van der Waals surface area contributed by atoms with Crippen molar-refractivity contribution in [3.8, 4) is 0 Å². The summed E-state index contributed by atoms with van der Waals surface area (Å²) in [6.07, 6.45) is 1.19. The van der Waals surface area contributed by atoms with Gasteiger partial charge in [-0.25, -0.2) is 0 Å². The molecule has 0 radical (unpaired) electrons. The maximum atomic E-state index is 10.9. The smallest absolute Gasteiger partial charge is 0.305 e. The number of hydrogen-bond donors (Lipinski definition) is 1. The van der Waals surface area contributed by atoms with E-state index in [1.807, 2.05) is 0 Å². The van der Waals surface area contributed by atoms with Gasteiger partial charge >= 0.3 is 5.97 Å². The number of aromatic nitrogens is 2. The Kier molecular flexibility index (Phi) is 4.92. The Morgan fingerprint density at radius 1 is 1.71 bits per heavy atom. The summed E-state index contributed by atoms with van der Waals surface area (Å²) in [5.41, 5.74) is 1.66. The number of ether oxygens (including phenoxy) is 1. The molecule has 0 aliphatic heterocycles. The van der Waals surface area contributed by atoms with Crippen molar-refractivity contribution >= 4 is 22.4 Å². The second-order valence-electron chi connectivity index (χ2n) is 2.58. The van der Waals surface area contributed by atoms with Gasteiger partial charge in [0.15, 0.2) is 0 Å². The fraction of sp³-hybridized carbons (Fsp3) is 0.625. The third kappa shape index (κ3) is 4.18. The van der Waals surface area contributed by atoms with Crippen LogP contribution in [0.2, 0.25) is 0 Å². The van der Waals surface area contributed by atoms with Gasteiger partial charge in [0.2, 0.25) is 5.13 Å². The highest BCUT2D eigenvalue weighted by Crippen LogP contribution is 2.07. The standard InChI is InChI=1S/C8H13N3O2S/c1-2-13-7(12)4-3-5-9-8-11-10-6-14-8/h6H,2-5H2,1H3,(H,9,11). The quantitative estimate of drug-likeness (QED) is 0.572. The normalized spacial score (nSPS) is 9.79. The molecule has 78 valence electrons. The first-order chi connectivity index (χ1) is 6.83. The van der Waals surface area contributed by atoms with Crippen LogP contribution in [-0.2, 0) is 9.53 Å². The molecule has 0 amide bonds. The number of hydrogen-bond acceptors (Lipinski definition) is 6. The zero-order valence-corrected chi connectivity index (χ0v) is 8.84. The van der Waals surface area contributed by atoms with Gasteiger partial charge in [0, 0.05) is 13.0 Å². The summed E-state index contributed by atoms with van der Waals surface area (Å²) < 4.78 is 4.79. The Balaban J connectivity index is 2.02. The summed E-state index contributed by atoms with van der Waals surface area (Å²) in [5.74, 6) is -0.147. The Bertz CT molecular complexity index is 264. The minimum absolute atomic E-state index is 0.147. The molecule has 0 fully saturated rings. The van der Waals surface area contributed by atoms with Gasteiger partial charge in [-0.1, -0.05) is 11.3 Å². The first-order valence-electron chi connectivity index (χ1n) is 4.48. The minimum Gasteiger partial charge on any atom is -0.466 e. The van der Waals surface area contributed by atoms with Gasteiger partial charge in [0.05, 0.1) is 6.61 Å². The lowest BCUT2D eigenvalue weighted by Crippen LogP contribution is -2.08. The van der Waals surface area contributed by atoms with Gasteiger partial charge in [-0.05, 0) is 13.3 Å². The third-order valence-corrected chi connectivity index (χ3v) is 2.15. The number of esters is 1. The number of anilines is 1. The Morgan fingerprint density at radius 3 is 3.21 bits per heavy atom. The minimum atomic E-state index is -0.147. The molecule has 0 bridgehead atoms. The molecule has 0 aliphatic rings. The van der Waals surface area contributed by atoms with E-state index in [-0.39, 0.29) is 5.97 Å². The third-order valence-electron chi connectivity index (χ3n) is 1.50. The molecule has 14 heavy (non-hydrogen) atoms. The van der Waals surface area contributed by atoms with Crippen LogP contribution in [0.25, 0.3) is 0 Å². The van der Waals surface area contributed by atoms with Crippen LogP contribution in [0.4, 0.5) is 5.13 Å². The Labute approximate surface area is 86.5 Å². The molecule has 0 aromatic carbocycles. The molecule has 1 rings (SSSR count). The van der Waals surface area contributed by atoms with Gasteiger partial charge < -0.3 is 10.1 Å². The molecule has 5 nitrogen and oxygen atoms in total. The number of carbonyl (C=O) groups excluding carboxylic acids is 1. The van der Waals surface area contributed by atoms with E-state index in [9.17, 15) is 4.79 Å². The Hall–Kier alpha value is -1.17. The molecule has 0 unspecified atom stereocenters. The molecule has 0 saturated carbocycles. The van der Waals surface area contributed by atoms with Crippen molar-refractivity contribution in [1.82, 2.24) is 10.2 Å². The lowest BCUT2D eigenvalue weighted by atomic mass is 10.3. The fourth-order valence-electron chi connectivity index (χ4n) is 0.911. The van der Waals surface area contributed by atoms with E-state index in [1.165, 1.54) is 11.3 Å². The summed E-state index contributed by atoms with van der Waals surface area (Å²) >= 11 is 1.44. The zero-order chi connectivity index (χ0) is 10.2. The lowest BCUT2D eigenvalue weighted by molar-refractivity contribution is -0.143. The molecule has 1 heterocycles. The van der Waals surface area contributed by atoms with E-state index in [1.54, 1.807) is 12.4 Å². The average molecular weight is 215 g/mol. The number of nitrogens with zero attached hydrogens (tertiary/aromatic N) is 2. The summed E-state index contributed by atoms with van der Waals surface area (Å²) in [6.45, 7) is 2.97. The van der Waals surface area contributed by atoms with Gasteiger partial charge in [0.1, 0.15) is 5.51 Å². The fourth-order valence-corrected chi connectivity index (χ4v) is 1.39. The van der Waals surface area contributed by atoms with Gasteiger partial charge in [0.25, 0.3) is 0 Å². The summed E-state index contributed by atoms with van der Waals surface area (Å²) in [6, 6.07) is 0. The van der Waals surface area contributed by atoms with Gasteiger partial charge in [-0.3, -0.25) is 4.79 Å². The van der Waals surface area contributed by atoms with Crippen LogP contribution in [0.15, 0.2) is 5.51 Å². The molecular weight excluding hydrogens is 202 g/mol. The molecule has 1 N–H and O–H groups in total. The van der Waals surface area contributed by atoms with Crippen LogP contribution >= 0.6 is 11.3 Å². The predicted molar refractivity (Wildman–Crippen MR) is 54.3 cm³/mol. The molecule has 0 atom stereocenters. The molecule has 0 spiro atoms. The van der Waals surface area contributed by atoms with Crippen LogP contribution in [0, 0.1) is 0 Å². The average Bonchev–Trinajstić information content (AvgIpc) is 2.65. The zero-order valence-electron chi connectivity index (χ0n) is 8.02. The van der Waals surface area contributed by atoms with E-state index in [0.29, 0.717) is 19.6 Å². The SMILES string of the molecule is CCOC(=O)CCCNc1nncs1. The highest BCUT2D eigenvalue weighted by Gasteiger charge is 2.01. The van der Waals surface area contributed by atoms with E-state index < -0.39 is 0 Å². The second kappa shape index (κ2) is 6.31. The lowest BCUT2D eigenvalue weighted by Gasteiger charge is -2.02. The molecule has 1 aromatic heterocycles. The first-order valence-corrected chi connectivity index (χ1v) is 5.36. The van der Waals surface area contributed by atoms with E-state index >= 15 is 0 Å². The molecule has 6 heteroatoms. The van der Waals surface area contributed by atoms with E-state index in [4.69, 9.17) is 4.74 Å². The van der Waals surface area contributed by atoms with Crippen LogP contribution in [0.5, 0.6) is 0 Å². The van der Waals surface area contributed by atoms with Crippen molar-refractivity contribution in [2.45, 2.75) is 19.8 Å². The van der Waals surface area contributed by atoms with Crippen LogP contribution < -0.4 is 5.32 Å².